The molecule has 3 aliphatic heterocycles. The van der Waals surface area contributed by atoms with E-state index in [4.69, 9.17) is 18.9 Å². The van der Waals surface area contributed by atoms with Crippen LogP contribution in [-0.4, -0.2) is 92.2 Å². The summed E-state index contributed by atoms with van der Waals surface area (Å²) in [5, 5.41) is 0. The fourth-order valence-corrected chi connectivity index (χ4v) is 6.61. The van der Waals surface area contributed by atoms with E-state index in [9.17, 15) is 9.59 Å². The second-order valence-electron chi connectivity index (χ2n) is 11.3. The molecular weight excluding hydrogens is 424 g/mol. The van der Waals surface area contributed by atoms with Gasteiger partial charge in [-0.15, -0.1) is 0 Å². The summed E-state index contributed by atoms with van der Waals surface area (Å²) in [6, 6.07) is 0. The molecule has 0 unspecified atom stereocenters. The molecule has 2 amide bonds. The SMILES string of the molecule is CO[C@@H]1[C@H](OC(=O)N2C[C@@H]3[C@H](C2)[C@H]3C(=O)N(C)C)CC[C@]2(CO2)[C@H]1[C@@]1(C)O[C@@H]1CC=C(C)C. The number of allylic oxidation sites excluding steroid dienone is 1. The summed E-state index contributed by atoms with van der Waals surface area (Å²) >= 11 is 0. The molecule has 0 aromatic heterocycles. The number of hydrogen-bond acceptors (Lipinski definition) is 6. The predicted molar refractivity (Wildman–Crippen MR) is 121 cm³/mol. The zero-order chi connectivity index (χ0) is 23.7. The van der Waals surface area contributed by atoms with Gasteiger partial charge in [-0.05, 0) is 51.9 Å². The average molecular weight is 463 g/mol. The molecule has 2 aliphatic carbocycles. The normalized spacial score (nSPS) is 44.8. The minimum Gasteiger partial charge on any atom is -0.443 e. The zero-order valence-corrected chi connectivity index (χ0v) is 20.7. The van der Waals surface area contributed by atoms with Crippen molar-refractivity contribution in [1.82, 2.24) is 9.80 Å². The van der Waals surface area contributed by atoms with Gasteiger partial charge in [-0.1, -0.05) is 11.6 Å². The Balaban J connectivity index is 1.22. The van der Waals surface area contributed by atoms with E-state index < -0.39 is 0 Å². The van der Waals surface area contributed by atoms with Crippen molar-refractivity contribution in [2.24, 2.45) is 23.7 Å². The van der Waals surface area contributed by atoms with Crippen LogP contribution >= 0.6 is 0 Å². The maximum atomic E-state index is 13.0. The quantitative estimate of drug-likeness (QED) is 0.445. The first-order valence-corrected chi connectivity index (χ1v) is 12.3. The van der Waals surface area contributed by atoms with Crippen LogP contribution in [0.2, 0.25) is 0 Å². The highest BCUT2D eigenvalue weighted by Gasteiger charge is 2.72. The minimum atomic E-state index is -0.344. The maximum Gasteiger partial charge on any atom is 0.410 e. The van der Waals surface area contributed by atoms with Crippen molar-refractivity contribution in [3.8, 4) is 0 Å². The first-order valence-electron chi connectivity index (χ1n) is 12.3. The van der Waals surface area contributed by atoms with E-state index in [2.05, 4.69) is 26.8 Å². The van der Waals surface area contributed by atoms with Gasteiger partial charge in [0.05, 0.1) is 18.6 Å². The number of rotatable bonds is 6. The van der Waals surface area contributed by atoms with E-state index >= 15 is 0 Å². The van der Waals surface area contributed by atoms with Gasteiger partial charge < -0.3 is 28.7 Å². The smallest absolute Gasteiger partial charge is 0.410 e. The van der Waals surface area contributed by atoms with Crippen LogP contribution in [0.5, 0.6) is 0 Å². The number of likely N-dealkylation sites (tertiary alicyclic amines) is 1. The molecule has 0 N–H and O–H groups in total. The second kappa shape index (κ2) is 7.95. The van der Waals surface area contributed by atoms with E-state index in [1.807, 2.05) is 0 Å². The number of nitrogens with zero attached hydrogens (tertiary/aromatic N) is 2. The molecule has 3 saturated heterocycles. The van der Waals surface area contributed by atoms with Crippen LogP contribution in [-0.2, 0) is 23.7 Å². The highest BCUT2D eigenvalue weighted by molar-refractivity contribution is 5.83. The lowest BCUT2D eigenvalue weighted by Crippen LogP contribution is -2.56. The van der Waals surface area contributed by atoms with Crippen molar-refractivity contribution >= 4 is 12.0 Å². The summed E-state index contributed by atoms with van der Waals surface area (Å²) in [5.41, 5.74) is 0.707. The van der Waals surface area contributed by atoms with Crippen LogP contribution < -0.4 is 0 Å². The highest BCUT2D eigenvalue weighted by atomic mass is 16.6. The van der Waals surface area contributed by atoms with Crippen molar-refractivity contribution in [3.05, 3.63) is 11.6 Å². The van der Waals surface area contributed by atoms with Crippen LogP contribution in [0.3, 0.4) is 0 Å². The highest BCUT2D eigenvalue weighted by Crippen LogP contribution is 2.60. The molecule has 5 aliphatic rings. The van der Waals surface area contributed by atoms with Gasteiger partial charge >= 0.3 is 6.09 Å². The number of ether oxygens (including phenoxy) is 4. The van der Waals surface area contributed by atoms with Gasteiger partial charge in [-0.3, -0.25) is 4.79 Å². The standard InChI is InChI=1S/C25H38N2O6/c1-14(2)7-8-18-24(3,33-18)21-20(30-6)17(9-10-25(21)13-31-25)32-23(29)27-11-15-16(12-27)19(15)22(28)26(4)5/h7,15-21H,8-13H2,1-6H3/t15-,16+,17-,18-,19+,20-,21-,24+,25+/m1/s1. The summed E-state index contributed by atoms with van der Waals surface area (Å²) in [6.07, 6.45) is 3.88. The van der Waals surface area contributed by atoms with Gasteiger partial charge in [-0.25, -0.2) is 4.79 Å². The molecule has 3 heterocycles. The van der Waals surface area contributed by atoms with E-state index in [0.717, 1.165) is 19.3 Å². The molecule has 0 radical (unpaired) electrons. The molecule has 9 atom stereocenters. The van der Waals surface area contributed by atoms with Gasteiger partial charge in [0, 0.05) is 40.2 Å². The monoisotopic (exact) mass is 462 g/mol. The van der Waals surface area contributed by atoms with Gasteiger partial charge in [0.1, 0.15) is 23.4 Å². The average Bonchev–Trinajstić information content (AvgIpc) is 3.72. The number of methoxy groups -OCH3 is 1. The van der Waals surface area contributed by atoms with E-state index in [0.29, 0.717) is 19.7 Å². The third-order valence-electron chi connectivity index (χ3n) is 8.67. The van der Waals surface area contributed by atoms with E-state index in [1.54, 1.807) is 31.0 Å². The van der Waals surface area contributed by atoms with Gasteiger partial charge in [0.15, 0.2) is 0 Å². The molecule has 1 spiro atoms. The molecule has 184 valence electrons. The summed E-state index contributed by atoms with van der Waals surface area (Å²) < 4.78 is 24.2. The van der Waals surface area contributed by atoms with Crippen LogP contribution in [0.4, 0.5) is 4.79 Å². The molecule has 0 aromatic carbocycles. The second-order valence-corrected chi connectivity index (χ2v) is 11.3. The number of hydrogen-bond donors (Lipinski definition) is 0. The summed E-state index contributed by atoms with van der Waals surface area (Å²) in [6.45, 7) is 8.25. The number of piperidine rings is 1. The minimum absolute atomic E-state index is 0.0196. The van der Waals surface area contributed by atoms with Crippen molar-refractivity contribution in [1.29, 1.82) is 0 Å². The fourth-order valence-electron chi connectivity index (χ4n) is 6.61. The molecule has 0 aromatic rings. The Kier molecular flexibility index (Phi) is 5.57. The topological polar surface area (TPSA) is 84.1 Å². The van der Waals surface area contributed by atoms with Crippen molar-refractivity contribution in [3.63, 3.8) is 0 Å². The van der Waals surface area contributed by atoms with Crippen LogP contribution in [0, 0.1) is 23.7 Å². The number of carbonyl (C=O) groups is 2. The lowest BCUT2D eigenvalue weighted by Gasteiger charge is -2.43. The van der Waals surface area contributed by atoms with Gasteiger partial charge in [0.25, 0.3) is 0 Å². The summed E-state index contributed by atoms with van der Waals surface area (Å²) in [4.78, 5) is 28.7. The zero-order valence-electron chi connectivity index (χ0n) is 20.7. The predicted octanol–water partition coefficient (Wildman–Crippen LogP) is 2.47. The Bertz CT molecular complexity index is 838. The molecule has 5 fully saturated rings. The Hall–Kier alpha value is -1.64. The first-order chi connectivity index (χ1) is 15.6. The largest absolute Gasteiger partial charge is 0.443 e. The third kappa shape index (κ3) is 3.88. The summed E-state index contributed by atoms with van der Waals surface area (Å²) in [5.74, 6) is 0.783. The first kappa shape index (κ1) is 23.1. The van der Waals surface area contributed by atoms with Crippen LogP contribution in [0.15, 0.2) is 11.6 Å². The molecule has 0 bridgehead atoms. The summed E-state index contributed by atoms with van der Waals surface area (Å²) in [7, 11) is 5.27. The number of amides is 2. The van der Waals surface area contributed by atoms with Crippen LogP contribution in [0.25, 0.3) is 0 Å². The fraction of sp³-hybridized carbons (Fsp3) is 0.840. The molecular formula is C25H38N2O6. The van der Waals surface area contributed by atoms with Crippen molar-refractivity contribution in [2.45, 2.75) is 69.5 Å². The van der Waals surface area contributed by atoms with E-state index in [1.165, 1.54) is 5.57 Å². The van der Waals surface area contributed by atoms with Crippen molar-refractivity contribution in [2.75, 3.05) is 40.9 Å². The Labute approximate surface area is 196 Å². The van der Waals surface area contributed by atoms with E-state index in [-0.39, 0.29) is 65.2 Å². The molecule has 8 nitrogen and oxygen atoms in total. The third-order valence-corrected chi connectivity index (χ3v) is 8.67. The maximum absolute atomic E-state index is 13.0. The Morgan fingerprint density at radius 1 is 1.21 bits per heavy atom. The Morgan fingerprint density at radius 3 is 2.42 bits per heavy atom. The van der Waals surface area contributed by atoms with Gasteiger partial charge in [-0.2, -0.15) is 0 Å². The number of fused-ring (bicyclic) bond motifs is 1. The number of carbonyl (C=O) groups excluding carboxylic acids is 2. The van der Waals surface area contributed by atoms with Gasteiger partial charge in [0.2, 0.25) is 5.91 Å². The van der Waals surface area contributed by atoms with Crippen LogP contribution in [0.1, 0.15) is 40.0 Å². The molecule has 5 rings (SSSR count). The lowest BCUT2D eigenvalue weighted by atomic mass is 9.68. The van der Waals surface area contributed by atoms with Crippen molar-refractivity contribution < 1.29 is 28.5 Å². The Morgan fingerprint density at radius 2 is 1.88 bits per heavy atom. The molecule has 2 saturated carbocycles. The molecule has 8 heteroatoms. The number of epoxide rings is 2. The molecule has 33 heavy (non-hydrogen) atoms. The lowest BCUT2D eigenvalue weighted by molar-refractivity contribution is -0.131.